The number of carbonyl (C=O) groups is 2. The van der Waals surface area contributed by atoms with Crippen LogP contribution >= 0.6 is 0 Å². The SMILES string of the molecule is Cc1cc(C(=O)N(CC(=O)O)CC(C)C)co1. The number of carbonyl (C=O) groups excluding carboxylic acids is 1. The number of hydrogen-bond acceptors (Lipinski definition) is 3. The first-order chi connectivity index (χ1) is 7.90. The van der Waals surface area contributed by atoms with Crippen LogP contribution < -0.4 is 0 Å². The molecule has 1 aromatic heterocycles. The Morgan fingerprint density at radius 2 is 2.12 bits per heavy atom. The summed E-state index contributed by atoms with van der Waals surface area (Å²) in [4.78, 5) is 24.1. The molecular weight excluding hydrogens is 222 g/mol. The number of aliphatic carboxylic acids is 1. The molecule has 0 aromatic carbocycles. The van der Waals surface area contributed by atoms with Crippen LogP contribution in [-0.4, -0.2) is 35.0 Å². The van der Waals surface area contributed by atoms with Crippen LogP contribution in [0.5, 0.6) is 0 Å². The average molecular weight is 239 g/mol. The van der Waals surface area contributed by atoms with Crippen LogP contribution in [-0.2, 0) is 4.79 Å². The molecule has 1 heterocycles. The number of rotatable bonds is 5. The van der Waals surface area contributed by atoms with Gasteiger partial charge in [0, 0.05) is 6.54 Å². The minimum atomic E-state index is -1.01. The molecule has 0 bridgehead atoms. The summed E-state index contributed by atoms with van der Waals surface area (Å²) in [6, 6.07) is 1.61. The fraction of sp³-hybridized carbons (Fsp3) is 0.500. The molecule has 0 aliphatic rings. The average Bonchev–Trinajstić information content (AvgIpc) is 2.61. The topological polar surface area (TPSA) is 70.8 Å². The molecule has 5 nitrogen and oxygen atoms in total. The maximum atomic E-state index is 12.0. The second-order valence-corrected chi connectivity index (χ2v) is 4.42. The van der Waals surface area contributed by atoms with E-state index in [1.165, 1.54) is 11.2 Å². The van der Waals surface area contributed by atoms with E-state index >= 15 is 0 Å². The van der Waals surface area contributed by atoms with Crippen molar-refractivity contribution in [3.8, 4) is 0 Å². The molecule has 1 rings (SSSR count). The van der Waals surface area contributed by atoms with Crippen LogP contribution in [0.2, 0.25) is 0 Å². The molecule has 0 aliphatic carbocycles. The van der Waals surface area contributed by atoms with Gasteiger partial charge in [-0.25, -0.2) is 0 Å². The van der Waals surface area contributed by atoms with E-state index in [-0.39, 0.29) is 18.4 Å². The maximum Gasteiger partial charge on any atom is 0.323 e. The Balaban J connectivity index is 2.82. The smallest absolute Gasteiger partial charge is 0.323 e. The van der Waals surface area contributed by atoms with Gasteiger partial charge in [0.1, 0.15) is 18.6 Å². The molecule has 1 N–H and O–H groups in total. The fourth-order valence-electron chi connectivity index (χ4n) is 1.56. The van der Waals surface area contributed by atoms with Crippen molar-refractivity contribution in [1.29, 1.82) is 0 Å². The molecule has 0 fully saturated rings. The van der Waals surface area contributed by atoms with Gasteiger partial charge in [-0.05, 0) is 18.9 Å². The first-order valence-corrected chi connectivity index (χ1v) is 5.46. The van der Waals surface area contributed by atoms with E-state index in [2.05, 4.69) is 0 Å². The Morgan fingerprint density at radius 3 is 2.53 bits per heavy atom. The van der Waals surface area contributed by atoms with Crippen molar-refractivity contribution in [2.75, 3.05) is 13.1 Å². The van der Waals surface area contributed by atoms with Crippen LogP contribution in [0.3, 0.4) is 0 Å². The van der Waals surface area contributed by atoms with E-state index in [0.717, 1.165) is 0 Å². The molecule has 0 saturated heterocycles. The van der Waals surface area contributed by atoms with Gasteiger partial charge in [-0.2, -0.15) is 0 Å². The summed E-state index contributed by atoms with van der Waals surface area (Å²) in [5, 5.41) is 8.78. The Bertz CT molecular complexity index is 408. The van der Waals surface area contributed by atoms with Crippen LogP contribution in [0.1, 0.15) is 30.0 Å². The molecule has 0 atom stereocenters. The summed E-state index contributed by atoms with van der Waals surface area (Å²) < 4.78 is 5.05. The minimum absolute atomic E-state index is 0.214. The van der Waals surface area contributed by atoms with Gasteiger partial charge in [0.2, 0.25) is 0 Å². The van der Waals surface area contributed by atoms with Crippen LogP contribution in [0, 0.1) is 12.8 Å². The molecule has 17 heavy (non-hydrogen) atoms. The van der Waals surface area contributed by atoms with Gasteiger partial charge in [-0.1, -0.05) is 13.8 Å². The second kappa shape index (κ2) is 5.52. The van der Waals surface area contributed by atoms with Crippen molar-refractivity contribution in [1.82, 2.24) is 4.90 Å². The standard InChI is InChI=1S/C12H17NO4/c1-8(2)5-13(6-11(14)15)12(16)10-4-9(3)17-7-10/h4,7-8H,5-6H2,1-3H3,(H,14,15). The summed E-state index contributed by atoms with van der Waals surface area (Å²) >= 11 is 0. The lowest BCUT2D eigenvalue weighted by molar-refractivity contribution is -0.137. The molecule has 0 unspecified atom stereocenters. The van der Waals surface area contributed by atoms with Gasteiger partial charge in [0.25, 0.3) is 5.91 Å². The fourth-order valence-corrected chi connectivity index (χ4v) is 1.56. The van der Waals surface area contributed by atoms with Crippen molar-refractivity contribution in [2.24, 2.45) is 5.92 Å². The van der Waals surface area contributed by atoms with E-state index in [1.54, 1.807) is 13.0 Å². The summed E-state index contributed by atoms with van der Waals surface area (Å²) in [7, 11) is 0. The summed E-state index contributed by atoms with van der Waals surface area (Å²) in [6.07, 6.45) is 1.35. The lowest BCUT2D eigenvalue weighted by atomic mass is 10.2. The Hall–Kier alpha value is -1.78. The molecular formula is C12H17NO4. The molecule has 0 radical (unpaired) electrons. The highest BCUT2D eigenvalue weighted by molar-refractivity contribution is 5.95. The highest BCUT2D eigenvalue weighted by Crippen LogP contribution is 2.11. The third kappa shape index (κ3) is 3.94. The number of furan rings is 1. The van der Waals surface area contributed by atoms with E-state index in [9.17, 15) is 9.59 Å². The zero-order valence-corrected chi connectivity index (χ0v) is 10.3. The van der Waals surface area contributed by atoms with Gasteiger partial charge in [0.15, 0.2) is 0 Å². The van der Waals surface area contributed by atoms with Crippen LogP contribution in [0.4, 0.5) is 0 Å². The first-order valence-electron chi connectivity index (χ1n) is 5.46. The Morgan fingerprint density at radius 1 is 1.47 bits per heavy atom. The lowest BCUT2D eigenvalue weighted by Crippen LogP contribution is -2.38. The number of amides is 1. The second-order valence-electron chi connectivity index (χ2n) is 4.42. The maximum absolute atomic E-state index is 12.0. The number of aryl methyl sites for hydroxylation is 1. The third-order valence-electron chi connectivity index (χ3n) is 2.18. The third-order valence-corrected chi connectivity index (χ3v) is 2.18. The molecule has 0 spiro atoms. The predicted molar refractivity (Wildman–Crippen MR) is 61.8 cm³/mol. The largest absolute Gasteiger partial charge is 0.480 e. The zero-order valence-electron chi connectivity index (χ0n) is 10.3. The molecule has 1 aromatic rings. The van der Waals surface area contributed by atoms with Gasteiger partial charge >= 0.3 is 5.97 Å². The van der Waals surface area contributed by atoms with E-state index in [4.69, 9.17) is 9.52 Å². The first kappa shape index (κ1) is 13.3. The van der Waals surface area contributed by atoms with Gasteiger partial charge < -0.3 is 14.4 Å². The Labute approximate surface area is 100 Å². The lowest BCUT2D eigenvalue weighted by Gasteiger charge is -2.21. The summed E-state index contributed by atoms with van der Waals surface area (Å²) in [5.41, 5.74) is 0.393. The molecule has 5 heteroatoms. The van der Waals surface area contributed by atoms with E-state index < -0.39 is 5.97 Å². The predicted octanol–water partition coefficient (Wildman–Crippen LogP) is 1.77. The Kier molecular flexibility index (Phi) is 4.31. The number of hydrogen-bond donors (Lipinski definition) is 1. The number of nitrogens with zero attached hydrogens (tertiary/aromatic N) is 1. The van der Waals surface area contributed by atoms with E-state index in [1.807, 2.05) is 13.8 Å². The van der Waals surface area contributed by atoms with Crippen LogP contribution in [0.15, 0.2) is 16.7 Å². The van der Waals surface area contributed by atoms with E-state index in [0.29, 0.717) is 17.9 Å². The van der Waals surface area contributed by atoms with Crippen molar-refractivity contribution in [2.45, 2.75) is 20.8 Å². The minimum Gasteiger partial charge on any atom is -0.480 e. The summed E-state index contributed by atoms with van der Waals surface area (Å²) in [6.45, 7) is 5.73. The molecule has 1 amide bonds. The van der Waals surface area contributed by atoms with Crippen molar-refractivity contribution >= 4 is 11.9 Å². The highest BCUT2D eigenvalue weighted by Gasteiger charge is 2.20. The van der Waals surface area contributed by atoms with Gasteiger partial charge in [-0.15, -0.1) is 0 Å². The van der Waals surface area contributed by atoms with Gasteiger partial charge in [-0.3, -0.25) is 9.59 Å². The quantitative estimate of drug-likeness (QED) is 0.850. The van der Waals surface area contributed by atoms with Gasteiger partial charge in [0.05, 0.1) is 5.56 Å². The van der Waals surface area contributed by atoms with Crippen molar-refractivity contribution < 1.29 is 19.1 Å². The van der Waals surface area contributed by atoms with Crippen molar-refractivity contribution in [3.05, 3.63) is 23.7 Å². The molecule has 94 valence electrons. The summed E-state index contributed by atoms with van der Waals surface area (Å²) in [5.74, 6) is -0.475. The molecule has 0 aliphatic heterocycles. The van der Waals surface area contributed by atoms with Crippen molar-refractivity contribution in [3.63, 3.8) is 0 Å². The van der Waals surface area contributed by atoms with Crippen LogP contribution in [0.25, 0.3) is 0 Å². The highest BCUT2D eigenvalue weighted by atomic mass is 16.4. The number of carboxylic acid groups (broad SMARTS) is 1. The number of carboxylic acids is 1. The zero-order chi connectivity index (χ0) is 13.0. The normalized spacial score (nSPS) is 10.6. The molecule has 0 saturated carbocycles. The monoisotopic (exact) mass is 239 g/mol.